The zero-order valence-corrected chi connectivity index (χ0v) is 14.3. The van der Waals surface area contributed by atoms with Gasteiger partial charge in [0.25, 0.3) is 0 Å². The van der Waals surface area contributed by atoms with Crippen LogP contribution in [0.2, 0.25) is 5.02 Å². The van der Waals surface area contributed by atoms with E-state index < -0.39 is 0 Å². The fourth-order valence-corrected chi connectivity index (χ4v) is 2.85. The molecule has 0 saturated carbocycles. The number of benzene rings is 1. The lowest BCUT2D eigenvalue weighted by Gasteiger charge is -2.20. The Bertz CT molecular complexity index is 652. The van der Waals surface area contributed by atoms with Gasteiger partial charge in [-0.15, -0.1) is 0 Å². The fraction of sp³-hybridized carbons (Fsp3) is 0.389. The van der Waals surface area contributed by atoms with E-state index in [2.05, 4.69) is 15.6 Å². The minimum Gasteiger partial charge on any atom is -0.486 e. The van der Waals surface area contributed by atoms with Crippen LogP contribution in [0.15, 0.2) is 36.5 Å². The molecule has 0 unspecified atom stereocenters. The maximum absolute atomic E-state index is 6.24. The van der Waals surface area contributed by atoms with Crippen LogP contribution in [0.1, 0.15) is 18.4 Å². The van der Waals surface area contributed by atoms with Gasteiger partial charge >= 0.3 is 0 Å². The maximum atomic E-state index is 6.24. The number of halogens is 1. The minimum atomic E-state index is 0.552. The van der Waals surface area contributed by atoms with Crippen molar-refractivity contribution in [1.82, 2.24) is 10.3 Å². The van der Waals surface area contributed by atoms with Crippen LogP contribution in [0, 0.1) is 0 Å². The number of ether oxygens (including phenoxy) is 2. The van der Waals surface area contributed by atoms with Crippen molar-refractivity contribution in [2.24, 2.45) is 0 Å². The Morgan fingerprint density at radius 1 is 1.08 bits per heavy atom. The molecule has 2 heterocycles. The Morgan fingerprint density at radius 3 is 2.83 bits per heavy atom. The monoisotopic (exact) mass is 347 g/mol. The summed E-state index contributed by atoms with van der Waals surface area (Å²) in [6.45, 7) is 3.77. The normalized spacial score (nSPS) is 12.9. The van der Waals surface area contributed by atoms with Crippen LogP contribution >= 0.6 is 11.6 Å². The third-order valence-corrected chi connectivity index (χ3v) is 4.02. The second-order valence-corrected chi connectivity index (χ2v) is 6.03. The molecule has 2 N–H and O–H groups in total. The molecule has 128 valence electrons. The third kappa shape index (κ3) is 4.76. The number of anilines is 1. The van der Waals surface area contributed by atoms with E-state index in [-0.39, 0.29) is 0 Å². The number of pyridine rings is 1. The average molecular weight is 348 g/mol. The maximum Gasteiger partial charge on any atom is 0.179 e. The molecule has 0 aliphatic carbocycles. The van der Waals surface area contributed by atoms with Gasteiger partial charge in [0.1, 0.15) is 19.0 Å². The number of nitrogens with one attached hydrogen (secondary N) is 2. The molecule has 0 amide bonds. The van der Waals surface area contributed by atoms with Gasteiger partial charge in [-0.1, -0.05) is 17.7 Å². The van der Waals surface area contributed by atoms with E-state index in [1.54, 1.807) is 6.20 Å². The minimum absolute atomic E-state index is 0.552. The van der Waals surface area contributed by atoms with E-state index in [4.69, 9.17) is 21.1 Å². The van der Waals surface area contributed by atoms with Gasteiger partial charge in [0.2, 0.25) is 0 Å². The van der Waals surface area contributed by atoms with E-state index >= 15 is 0 Å². The first kappa shape index (κ1) is 16.9. The highest BCUT2D eigenvalue weighted by atomic mass is 35.5. The lowest BCUT2D eigenvalue weighted by molar-refractivity contribution is 0.171. The molecule has 1 aromatic carbocycles. The number of fused-ring (bicyclic) bond motifs is 1. The molecule has 1 aliphatic heterocycles. The van der Waals surface area contributed by atoms with Gasteiger partial charge in [0, 0.05) is 19.3 Å². The lowest BCUT2D eigenvalue weighted by Crippen LogP contribution is -2.18. The van der Waals surface area contributed by atoms with Crippen LogP contribution < -0.4 is 20.1 Å². The topological polar surface area (TPSA) is 55.4 Å². The van der Waals surface area contributed by atoms with Crippen LogP contribution in [0.5, 0.6) is 11.5 Å². The summed E-state index contributed by atoms with van der Waals surface area (Å²) in [5.41, 5.74) is 1.11. The number of rotatable bonds is 8. The largest absolute Gasteiger partial charge is 0.486 e. The van der Waals surface area contributed by atoms with Crippen molar-refractivity contribution in [3.63, 3.8) is 0 Å². The summed E-state index contributed by atoms with van der Waals surface area (Å²) in [6, 6.07) is 9.80. The standard InChI is InChI=1S/C18H22ClN3O2/c19-15-11-14(12-16-18(15)24-10-9-23-16)13-20-6-3-4-8-22-17-5-1-2-7-21-17/h1-2,5,7,11-12,20H,3-4,6,8-10,13H2,(H,21,22). The summed E-state index contributed by atoms with van der Waals surface area (Å²) in [4.78, 5) is 4.23. The number of hydrogen-bond donors (Lipinski definition) is 2. The average Bonchev–Trinajstić information content (AvgIpc) is 2.62. The molecule has 0 bridgehead atoms. The van der Waals surface area contributed by atoms with Gasteiger partial charge < -0.3 is 20.1 Å². The molecule has 24 heavy (non-hydrogen) atoms. The Hall–Kier alpha value is -1.98. The SMILES string of the molecule is Clc1cc(CNCCCCNc2ccccn2)cc2c1OCCO2. The highest BCUT2D eigenvalue weighted by Gasteiger charge is 2.16. The number of nitrogens with zero attached hydrogens (tertiary/aromatic N) is 1. The molecule has 0 fully saturated rings. The highest BCUT2D eigenvalue weighted by molar-refractivity contribution is 6.32. The second kappa shape index (κ2) is 8.76. The van der Waals surface area contributed by atoms with Crippen LogP contribution in [-0.4, -0.2) is 31.3 Å². The van der Waals surface area contributed by atoms with Crippen molar-refractivity contribution in [3.8, 4) is 11.5 Å². The van der Waals surface area contributed by atoms with E-state index in [1.807, 2.05) is 30.3 Å². The zero-order chi connectivity index (χ0) is 16.6. The van der Waals surface area contributed by atoms with Crippen molar-refractivity contribution in [1.29, 1.82) is 0 Å². The first-order chi connectivity index (χ1) is 11.8. The Morgan fingerprint density at radius 2 is 1.96 bits per heavy atom. The van der Waals surface area contributed by atoms with E-state index in [9.17, 15) is 0 Å². The van der Waals surface area contributed by atoms with Crippen LogP contribution in [-0.2, 0) is 6.54 Å². The summed E-state index contributed by atoms with van der Waals surface area (Å²) >= 11 is 6.24. The van der Waals surface area contributed by atoms with Gasteiger partial charge in [-0.25, -0.2) is 4.98 Å². The van der Waals surface area contributed by atoms with Gasteiger partial charge in [0.05, 0.1) is 5.02 Å². The Kier molecular flexibility index (Phi) is 6.15. The molecule has 3 rings (SSSR count). The number of hydrogen-bond acceptors (Lipinski definition) is 5. The van der Waals surface area contributed by atoms with Crippen LogP contribution in [0.4, 0.5) is 5.82 Å². The predicted molar refractivity (Wildman–Crippen MR) is 96.1 cm³/mol. The molecule has 2 aromatic rings. The van der Waals surface area contributed by atoms with Crippen molar-refractivity contribution >= 4 is 17.4 Å². The lowest BCUT2D eigenvalue weighted by atomic mass is 10.2. The summed E-state index contributed by atoms with van der Waals surface area (Å²) < 4.78 is 11.1. The van der Waals surface area contributed by atoms with Crippen molar-refractivity contribution in [2.45, 2.75) is 19.4 Å². The quantitative estimate of drug-likeness (QED) is 0.716. The number of aromatic nitrogens is 1. The summed E-state index contributed by atoms with van der Waals surface area (Å²) in [5, 5.41) is 7.36. The number of unbranched alkanes of at least 4 members (excludes halogenated alkanes) is 1. The highest BCUT2D eigenvalue weighted by Crippen LogP contribution is 2.38. The first-order valence-electron chi connectivity index (χ1n) is 8.26. The molecule has 0 radical (unpaired) electrons. The molecule has 5 nitrogen and oxygen atoms in total. The molecule has 0 spiro atoms. The molecule has 1 aliphatic rings. The van der Waals surface area contributed by atoms with E-state index in [0.717, 1.165) is 49.6 Å². The fourth-order valence-electron chi connectivity index (χ4n) is 2.56. The Labute approximate surface area is 147 Å². The third-order valence-electron chi connectivity index (χ3n) is 3.74. The molecule has 0 atom stereocenters. The summed E-state index contributed by atoms with van der Waals surface area (Å²) in [6.07, 6.45) is 3.98. The second-order valence-electron chi connectivity index (χ2n) is 5.63. The van der Waals surface area contributed by atoms with Gasteiger partial charge in [-0.2, -0.15) is 0 Å². The smallest absolute Gasteiger partial charge is 0.179 e. The van der Waals surface area contributed by atoms with Crippen molar-refractivity contribution in [3.05, 3.63) is 47.1 Å². The van der Waals surface area contributed by atoms with Crippen molar-refractivity contribution in [2.75, 3.05) is 31.6 Å². The van der Waals surface area contributed by atoms with Gasteiger partial charge in [-0.05, 0) is 49.2 Å². The molecule has 6 heteroatoms. The molecular formula is C18H22ClN3O2. The van der Waals surface area contributed by atoms with Crippen LogP contribution in [0.25, 0.3) is 0 Å². The van der Waals surface area contributed by atoms with Crippen molar-refractivity contribution < 1.29 is 9.47 Å². The van der Waals surface area contributed by atoms with Gasteiger partial charge in [-0.3, -0.25) is 0 Å². The van der Waals surface area contributed by atoms with E-state index in [0.29, 0.717) is 24.0 Å². The van der Waals surface area contributed by atoms with Crippen LogP contribution in [0.3, 0.4) is 0 Å². The Balaban J connectivity index is 1.34. The zero-order valence-electron chi connectivity index (χ0n) is 13.6. The first-order valence-corrected chi connectivity index (χ1v) is 8.64. The summed E-state index contributed by atoms with van der Waals surface area (Å²) in [7, 11) is 0. The van der Waals surface area contributed by atoms with E-state index in [1.165, 1.54) is 0 Å². The molecule has 1 aromatic heterocycles. The molecule has 0 saturated heterocycles. The van der Waals surface area contributed by atoms with Gasteiger partial charge in [0.15, 0.2) is 11.5 Å². The summed E-state index contributed by atoms with van der Waals surface area (Å²) in [5.74, 6) is 2.33. The predicted octanol–water partition coefficient (Wildman–Crippen LogP) is 3.49. The molecular weight excluding hydrogens is 326 g/mol.